The number of hydrogen-bond acceptors (Lipinski definition) is 3. The zero-order chi connectivity index (χ0) is 12.3. The largest absolute Gasteiger partial charge is 1.00 e. The fraction of sp³-hybridized carbons (Fsp3) is 0.0769. The van der Waals surface area contributed by atoms with Crippen LogP contribution >= 0.6 is 11.6 Å². The predicted octanol–water partition coefficient (Wildman–Crippen LogP) is -1.31. The van der Waals surface area contributed by atoms with Gasteiger partial charge in [0.05, 0.1) is 11.7 Å². The van der Waals surface area contributed by atoms with Crippen LogP contribution < -0.4 is 24.0 Å². The number of benzene rings is 1. The molecule has 0 aliphatic carbocycles. The quantitative estimate of drug-likeness (QED) is 0.639. The monoisotopic (exact) mass is 253 g/mol. The van der Waals surface area contributed by atoms with Gasteiger partial charge in [-0.05, 0) is 35.7 Å². The average molecular weight is 254 g/mol. The Bertz CT molecular complexity index is 543. The minimum atomic E-state index is -1.26. The van der Waals surface area contributed by atoms with Crippen LogP contribution in [0.2, 0.25) is 5.02 Å². The Kier molecular flexibility index (Phi) is 5.43. The second-order valence-electron chi connectivity index (χ2n) is 3.65. The van der Waals surface area contributed by atoms with E-state index >= 15 is 0 Å². The van der Waals surface area contributed by atoms with Gasteiger partial charge in [0.2, 0.25) is 0 Å². The van der Waals surface area contributed by atoms with Crippen LogP contribution in [0.1, 0.15) is 21.6 Å². The number of halogens is 1. The van der Waals surface area contributed by atoms with Crippen molar-refractivity contribution in [2.24, 2.45) is 0 Å². The molecule has 0 bridgehead atoms. The molecule has 3 nitrogen and oxygen atoms in total. The van der Waals surface area contributed by atoms with Crippen LogP contribution in [0, 0.1) is 0 Å². The molecule has 0 amide bonds. The van der Waals surface area contributed by atoms with Crippen molar-refractivity contribution in [1.82, 2.24) is 4.98 Å². The van der Waals surface area contributed by atoms with Gasteiger partial charge in [-0.3, -0.25) is 4.98 Å². The number of aromatic carboxylic acids is 1. The number of aromatic nitrogens is 1. The average Bonchev–Trinajstić information content (AvgIpc) is 2.29. The fourth-order valence-electron chi connectivity index (χ4n) is 1.53. The topological polar surface area (TPSA) is 53.0 Å². The summed E-state index contributed by atoms with van der Waals surface area (Å²) in [4.78, 5) is 14.3. The van der Waals surface area contributed by atoms with E-state index in [1.807, 2.05) is 24.3 Å². The van der Waals surface area contributed by atoms with Gasteiger partial charge >= 0.3 is 18.9 Å². The van der Waals surface area contributed by atoms with Crippen LogP contribution in [-0.4, -0.2) is 11.0 Å². The molecule has 0 saturated heterocycles. The van der Waals surface area contributed by atoms with E-state index in [1.54, 1.807) is 6.07 Å². The van der Waals surface area contributed by atoms with Crippen LogP contribution in [0.3, 0.4) is 0 Å². The van der Waals surface area contributed by atoms with Gasteiger partial charge in [0, 0.05) is 11.2 Å². The first kappa shape index (κ1) is 14.8. The molecule has 0 atom stereocenters. The first-order valence-corrected chi connectivity index (χ1v) is 5.43. The second-order valence-corrected chi connectivity index (χ2v) is 4.08. The Morgan fingerprint density at radius 1 is 1.22 bits per heavy atom. The summed E-state index contributed by atoms with van der Waals surface area (Å²) in [7, 11) is 0. The Balaban J connectivity index is 0.00000162. The summed E-state index contributed by atoms with van der Waals surface area (Å²) in [5.41, 5.74) is 1.93. The van der Waals surface area contributed by atoms with E-state index in [0.29, 0.717) is 11.4 Å². The zero-order valence-corrected chi connectivity index (χ0v) is 10.6. The number of carboxylic acids is 1. The molecule has 1 aromatic heterocycles. The Labute approximate surface area is 122 Å². The number of nitrogens with zero attached hydrogens (tertiary/aromatic N) is 1. The molecule has 0 saturated carbocycles. The number of pyridine rings is 1. The van der Waals surface area contributed by atoms with E-state index in [9.17, 15) is 9.90 Å². The summed E-state index contributed by atoms with van der Waals surface area (Å²) in [5.74, 6) is -1.26. The summed E-state index contributed by atoms with van der Waals surface area (Å²) in [6.45, 7) is 0. The molecule has 0 aliphatic rings. The molecule has 86 valence electrons. The summed E-state index contributed by atoms with van der Waals surface area (Å²) in [5, 5.41) is 11.2. The van der Waals surface area contributed by atoms with Gasteiger partial charge in [-0.15, -0.1) is 0 Å². The van der Waals surface area contributed by atoms with Gasteiger partial charge in [0.1, 0.15) is 0 Å². The van der Waals surface area contributed by atoms with E-state index in [1.165, 1.54) is 12.3 Å². The molecule has 0 radical (unpaired) electrons. The molecule has 1 heterocycles. The third-order valence-electron chi connectivity index (χ3n) is 2.33. The van der Waals surface area contributed by atoms with Crippen LogP contribution in [0.15, 0.2) is 42.6 Å². The molecule has 0 N–H and O–H groups in total. The number of hydrogen-bond donors (Lipinski definition) is 0. The number of carboxylic acid groups (broad SMARTS) is 1. The summed E-state index contributed by atoms with van der Waals surface area (Å²) in [6, 6.07) is 10.7. The van der Waals surface area contributed by atoms with Gasteiger partial charge in [-0.2, -0.15) is 0 Å². The maximum absolute atomic E-state index is 10.5. The van der Waals surface area contributed by atoms with E-state index in [2.05, 4.69) is 4.98 Å². The van der Waals surface area contributed by atoms with Gasteiger partial charge < -0.3 is 9.90 Å². The minimum absolute atomic E-state index is 0. The van der Waals surface area contributed by atoms with Crippen molar-refractivity contribution in [1.29, 1.82) is 0 Å². The second kappa shape index (κ2) is 6.60. The molecule has 0 aliphatic heterocycles. The van der Waals surface area contributed by atoms with E-state index in [0.717, 1.165) is 11.1 Å². The number of carbonyl (C=O) groups is 1. The summed E-state index contributed by atoms with van der Waals surface area (Å²) in [6.07, 6.45) is 2.20. The maximum Gasteiger partial charge on any atom is 1.00 e. The molecule has 2 aromatic rings. The minimum Gasteiger partial charge on any atom is -0.543 e. The van der Waals surface area contributed by atoms with Gasteiger partial charge in [-0.1, -0.05) is 29.8 Å². The van der Waals surface area contributed by atoms with Crippen LogP contribution in [-0.2, 0) is 6.42 Å². The molecule has 18 heavy (non-hydrogen) atoms. The van der Waals surface area contributed by atoms with Crippen molar-refractivity contribution >= 4 is 17.6 Å². The summed E-state index contributed by atoms with van der Waals surface area (Å²) >= 11 is 5.88. The Morgan fingerprint density at radius 3 is 2.56 bits per heavy atom. The Hall–Kier alpha value is -1.27. The predicted molar refractivity (Wildman–Crippen MR) is 62.8 cm³/mol. The van der Waals surface area contributed by atoms with Crippen molar-refractivity contribution in [3.63, 3.8) is 0 Å². The molecule has 0 spiro atoms. The SMILES string of the molecule is O=C([O-])c1ccc(Cc2cccc(Cl)c2)cn1.[Li+]. The first-order valence-electron chi connectivity index (χ1n) is 5.06. The molecular formula is C13H9ClLiNO2. The first-order chi connectivity index (χ1) is 8.15. The van der Waals surface area contributed by atoms with Gasteiger partial charge in [-0.25, -0.2) is 0 Å². The number of carbonyl (C=O) groups excluding carboxylic acids is 1. The van der Waals surface area contributed by atoms with Crippen molar-refractivity contribution < 1.29 is 28.8 Å². The van der Waals surface area contributed by atoms with Crippen LogP contribution in [0.25, 0.3) is 0 Å². The third-order valence-corrected chi connectivity index (χ3v) is 2.57. The van der Waals surface area contributed by atoms with Crippen molar-refractivity contribution in [2.45, 2.75) is 6.42 Å². The maximum atomic E-state index is 10.5. The standard InChI is InChI=1S/C13H10ClNO2.Li/c14-11-3-1-2-9(7-11)6-10-4-5-12(13(16)17)15-8-10;/h1-5,7-8H,6H2,(H,16,17);/q;+1/p-1. The molecule has 0 unspecified atom stereocenters. The van der Waals surface area contributed by atoms with Gasteiger partial charge in [0.15, 0.2) is 0 Å². The smallest absolute Gasteiger partial charge is 0.543 e. The van der Waals surface area contributed by atoms with Crippen LogP contribution in [0.4, 0.5) is 0 Å². The van der Waals surface area contributed by atoms with Crippen molar-refractivity contribution in [3.05, 3.63) is 64.4 Å². The molecular weight excluding hydrogens is 245 g/mol. The van der Waals surface area contributed by atoms with Crippen LogP contribution in [0.5, 0.6) is 0 Å². The normalized spacial score (nSPS) is 9.61. The van der Waals surface area contributed by atoms with E-state index in [4.69, 9.17) is 11.6 Å². The van der Waals surface area contributed by atoms with Gasteiger partial charge in [0.25, 0.3) is 0 Å². The summed E-state index contributed by atoms with van der Waals surface area (Å²) < 4.78 is 0. The fourth-order valence-corrected chi connectivity index (χ4v) is 1.75. The molecule has 5 heteroatoms. The molecule has 1 aromatic carbocycles. The van der Waals surface area contributed by atoms with E-state index < -0.39 is 5.97 Å². The molecule has 2 rings (SSSR count). The van der Waals surface area contributed by atoms with E-state index in [-0.39, 0.29) is 24.6 Å². The Morgan fingerprint density at radius 2 is 2.00 bits per heavy atom. The molecule has 0 fully saturated rings. The van der Waals surface area contributed by atoms with Crippen molar-refractivity contribution in [2.75, 3.05) is 0 Å². The number of rotatable bonds is 3. The third kappa shape index (κ3) is 3.88. The zero-order valence-electron chi connectivity index (χ0n) is 9.89. The van der Waals surface area contributed by atoms with Crippen molar-refractivity contribution in [3.8, 4) is 0 Å².